The standard InChI is InChI=1S/C7H20O2Si2/c1-3-5-7-9-11-10-8-6-4-2/h3-7,10-11H2,1-2H3. The van der Waals surface area contributed by atoms with Crippen molar-refractivity contribution in [1.29, 1.82) is 0 Å². The Kier molecular flexibility index (Phi) is 10.7. The molecule has 0 aromatic heterocycles. The molecule has 0 aliphatic heterocycles. The van der Waals surface area contributed by atoms with E-state index in [1.165, 1.54) is 12.8 Å². The third kappa shape index (κ3) is 10.4. The molecule has 0 saturated carbocycles. The molecule has 0 aliphatic carbocycles. The maximum Gasteiger partial charge on any atom is 0.174 e. The molecule has 0 saturated heterocycles. The van der Waals surface area contributed by atoms with E-state index < -0.39 is 0 Å². The molecule has 0 spiro atoms. The zero-order chi connectivity index (χ0) is 8.36. The molecule has 0 radical (unpaired) electrons. The first-order valence-corrected chi connectivity index (χ1v) is 9.72. The van der Waals surface area contributed by atoms with E-state index in [1.807, 2.05) is 0 Å². The number of rotatable bonds is 8. The first kappa shape index (κ1) is 11.4. The van der Waals surface area contributed by atoms with Gasteiger partial charge in [0.25, 0.3) is 0 Å². The van der Waals surface area contributed by atoms with E-state index in [9.17, 15) is 0 Å². The fourth-order valence-corrected chi connectivity index (χ4v) is 3.78. The van der Waals surface area contributed by atoms with Crippen molar-refractivity contribution < 1.29 is 8.85 Å². The van der Waals surface area contributed by atoms with Gasteiger partial charge in [-0.05, 0) is 12.8 Å². The highest BCUT2D eigenvalue weighted by molar-refractivity contribution is 6.93. The first-order chi connectivity index (χ1) is 5.41. The van der Waals surface area contributed by atoms with Crippen LogP contribution in [-0.2, 0) is 8.85 Å². The summed E-state index contributed by atoms with van der Waals surface area (Å²) < 4.78 is 10.9. The molecular weight excluding hydrogens is 172 g/mol. The van der Waals surface area contributed by atoms with Crippen LogP contribution in [0, 0.1) is 0 Å². The Labute approximate surface area is 74.3 Å². The van der Waals surface area contributed by atoms with E-state index in [-0.39, 0.29) is 18.6 Å². The SMILES string of the molecule is CCCCO[SiH2][SiH2]OCCC. The van der Waals surface area contributed by atoms with Crippen molar-refractivity contribution in [1.82, 2.24) is 0 Å². The number of unbranched alkanes of at least 4 members (excludes halogenated alkanes) is 1. The van der Waals surface area contributed by atoms with Crippen LogP contribution in [0.2, 0.25) is 0 Å². The van der Waals surface area contributed by atoms with Gasteiger partial charge in [0.15, 0.2) is 18.6 Å². The molecule has 0 unspecified atom stereocenters. The highest BCUT2D eigenvalue weighted by Gasteiger charge is 1.90. The normalized spacial score (nSPS) is 12.5. The fourth-order valence-electron chi connectivity index (χ4n) is 0.713. The minimum atomic E-state index is -0.213. The Morgan fingerprint density at radius 3 is 2.09 bits per heavy atom. The summed E-state index contributed by atoms with van der Waals surface area (Å²) in [6.07, 6.45) is 3.61. The monoisotopic (exact) mass is 192 g/mol. The van der Waals surface area contributed by atoms with Crippen molar-refractivity contribution in [2.75, 3.05) is 13.2 Å². The third-order valence-electron chi connectivity index (χ3n) is 1.36. The molecule has 0 amide bonds. The van der Waals surface area contributed by atoms with Gasteiger partial charge in [0.1, 0.15) is 0 Å². The van der Waals surface area contributed by atoms with Gasteiger partial charge in [-0.25, -0.2) is 0 Å². The van der Waals surface area contributed by atoms with Gasteiger partial charge in [-0.2, -0.15) is 0 Å². The van der Waals surface area contributed by atoms with E-state index in [2.05, 4.69) is 13.8 Å². The van der Waals surface area contributed by atoms with E-state index in [0.717, 1.165) is 19.6 Å². The van der Waals surface area contributed by atoms with Crippen LogP contribution in [0.25, 0.3) is 0 Å². The lowest BCUT2D eigenvalue weighted by atomic mass is 10.4. The van der Waals surface area contributed by atoms with Crippen LogP contribution in [0.1, 0.15) is 33.1 Å². The Morgan fingerprint density at radius 1 is 0.909 bits per heavy atom. The summed E-state index contributed by atoms with van der Waals surface area (Å²) in [5.74, 6) is 0. The molecule has 11 heavy (non-hydrogen) atoms. The lowest BCUT2D eigenvalue weighted by Gasteiger charge is -2.02. The van der Waals surface area contributed by atoms with Gasteiger partial charge in [0.2, 0.25) is 0 Å². The molecule has 0 atom stereocenters. The summed E-state index contributed by atoms with van der Waals surface area (Å²) in [6, 6.07) is 0. The molecule has 0 rings (SSSR count). The zero-order valence-corrected chi connectivity index (χ0v) is 10.6. The number of hydrogen-bond donors (Lipinski definition) is 0. The van der Waals surface area contributed by atoms with Crippen LogP contribution < -0.4 is 0 Å². The average Bonchev–Trinajstić information content (AvgIpc) is 2.03. The molecule has 0 fully saturated rings. The van der Waals surface area contributed by atoms with Crippen LogP contribution in [0.5, 0.6) is 0 Å². The second-order valence-electron chi connectivity index (χ2n) is 2.58. The molecule has 0 heterocycles. The van der Waals surface area contributed by atoms with Crippen molar-refractivity contribution in [3.8, 4) is 0 Å². The molecular formula is C7H20O2Si2. The molecule has 0 N–H and O–H groups in total. The van der Waals surface area contributed by atoms with Crippen LogP contribution in [-0.4, -0.2) is 31.8 Å². The predicted octanol–water partition coefficient (Wildman–Crippen LogP) is 0.312. The Morgan fingerprint density at radius 2 is 1.55 bits per heavy atom. The van der Waals surface area contributed by atoms with Crippen molar-refractivity contribution in [2.24, 2.45) is 0 Å². The van der Waals surface area contributed by atoms with Gasteiger partial charge < -0.3 is 8.85 Å². The van der Waals surface area contributed by atoms with E-state index in [4.69, 9.17) is 8.85 Å². The first-order valence-electron chi connectivity index (χ1n) is 4.57. The van der Waals surface area contributed by atoms with Crippen molar-refractivity contribution in [2.45, 2.75) is 33.1 Å². The Balaban J connectivity index is 2.69. The molecule has 2 nitrogen and oxygen atoms in total. The lowest BCUT2D eigenvalue weighted by molar-refractivity contribution is 0.316. The summed E-state index contributed by atoms with van der Waals surface area (Å²) in [4.78, 5) is 0. The highest BCUT2D eigenvalue weighted by atomic mass is 29.2. The van der Waals surface area contributed by atoms with E-state index >= 15 is 0 Å². The van der Waals surface area contributed by atoms with Gasteiger partial charge in [-0.1, -0.05) is 20.3 Å². The van der Waals surface area contributed by atoms with Gasteiger partial charge in [0, 0.05) is 13.2 Å². The van der Waals surface area contributed by atoms with Crippen molar-refractivity contribution in [3.05, 3.63) is 0 Å². The molecule has 68 valence electrons. The van der Waals surface area contributed by atoms with Gasteiger partial charge >= 0.3 is 0 Å². The highest BCUT2D eigenvalue weighted by Crippen LogP contribution is 1.85. The smallest absolute Gasteiger partial charge is 0.174 e. The second kappa shape index (κ2) is 10.4. The maximum atomic E-state index is 5.50. The van der Waals surface area contributed by atoms with Crippen molar-refractivity contribution >= 4 is 18.6 Å². The third-order valence-corrected chi connectivity index (χ3v) is 4.92. The van der Waals surface area contributed by atoms with Gasteiger partial charge in [0.05, 0.1) is 0 Å². The maximum absolute atomic E-state index is 5.50. The average molecular weight is 192 g/mol. The zero-order valence-electron chi connectivity index (χ0n) is 7.77. The van der Waals surface area contributed by atoms with Crippen LogP contribution in [0.4, 0.5) is 0 Å². The summed E-state index contributed by atoms with van der Waals surface area (Å²) in [6.45, 7) is 6.27. The minimum Gasteiger partial charge on any atom is -0.425 e. The largest absolute Gasteiger partial charge is 0.425 e. The Hall–Kier alpha value is 0.354. The molecule has 0 aliphatic rings. The van der Waals surface area contributed by atoms with E-state index in [1.54, 1.807) is 0 Å². The molecule has 0 bridgehead atoms. The summed E-state index contributed by atoms with van der Waals surface area (Å²) in [5, 5.41) is 0. The minimum absolute atomic E-state index is 0.211. The van der Waals surface area contributed by atoms with E-state index in [0.29, 0.717) is 0 Å². The topological polar surface area (TPSA) is 18.5 Å². The summed E-state index contributed by atoms with van der Waals surface area (Å²) in [5.41, 5.74) is 0. The van der Waals surface area contributed by atoms with Gasteiger partial charge in [-0.3, -0.25) is 0 Å². The molecule has 4 heteroatoms. The van der Waals surface area contributed by atoms with Crippen LogP contribution in [0.15, 0.2) is 0 Å². The van der Waals surface area contributed by atoms with Crippen molar-refractivity contribution in [3.63, 3.8) is 0 Å². The predicted molar refractivity (Wildman–Crippen MR) is 54.2 cm³/mol. The molecule has 0 aromatic rings. The number of hydrogen-bond acceptors (Lipinski definition) is 2. The van der Waals surface area contributed by atoms with Gasteiger partial charge in [-0.15, -0.1) is 0 Å². The quantitative estimate of drug-likeness (QED) is 0.407. The summed E-state index contributed by atoms with van der Waals surface area (Å²) >= 11 is 0. The lowest BCUT2D eigenvalue weighted by Crippen LogP contribution is -2.13. The van der Waals surface area contributed by atoms with Crippen LogP contribution >= 0.6 is 0 Å². The van der Waals surface area contributed by atoms with Crippen LogP contribution in [0.3, 0.4) is 0 Å². The molecule has 0 aromatic carbocycles. The Bertz CT molecular complexity index is 63.5. The second-order valence-corrected chi connectivity index (χ2v) is 6.66. The summed E-state index contributed by atoms with van der Waals surface area (Å²) in [7, 11) is -0.424. The fraction of sp³-hybridized carbons (Fsp3) is 1.00.